The highest BCUT2D eigenvalue weighted by Gasteiger charge is 2.21. The summed E-state index contributed by atoms with van der Waals surface area (Å²) in [5.41, 5.74) is 1.44. The SMILES string of the molecule is CC(O)(CO)c1ccc(NCCNc2nnc(Cc3ccccc3)c3ccccc23)nc1. The van der Waals surface area contributed by atoms with E-state index in [9.17, 15) is 10.2 Å². The summed E-state index contributed by atoms with van der Waals surface area (Å²) in [5.74, 6) is 1.44. The molecule has 0 bridgehead atoms. The average molecular weight is 430 g/mol. The van der Waals surface area contributed by atoms with Crippen LogP contribution in [0.15, 0.2) is 72.9 Å². The minimum Gasteiger partial charge on any atom is -0.393 e. The number of benzene rings is 2. The van der Waals surface area contributed by atoms with E-state index in [1.165, 1.54) is 5.56 Å². The Morgan fingerprint density at radius 3 is 2.28 bits per heavy atom. The number of hydrogen-bond donors (Lipinski definition) is 4. The molecule has 0 fully saturated rings. The molecule has 2 heterocycles. The molecule has 2 aromatic carbocycles. The molecule has 1 unspecified atom stereocenters. The molecule has 164 valence electrons. The minimum absolute atomic E-state index is 0.357. The molecular formula is C25H27N5O2. The maximum Gasteiger partial charge on any atom is 0.156 e. The second kappa shape index (κ2) is 9.72. The molecule has 0 amide bonds. The van der Waals surface area contributed by atoms with Gasteiger partial charge < -0.3 is 20.8 Å². The molecule has 4 aromatic rings. The van der Waals surface area contributed by atoms with Crippen LogP contribution in [0, 0.1) is 0 Å². The van der Waals surface area contributed by atoms with Crippen molar-refractivity contribution in [3.63, 3.8) is 0 Å². The van der Waals surface area contributed by atoms with Crippen LogP contribution >= 0.6 is 0 Å². The lowest BCUT2D eigenvalue weighted by atomic mass is 9.99. The van der Waals surface area contributed by atoms with Gasteiger partial charge in [0.05, 0.1) is 12.3 Å². The van der Waals surface area contributed by atoms with E-state index in [2.05, 4.69) is 50.1 Å². The van der Waals surface area contributed by atoms with Gasteiger partial charge in [-0.1, -0.05) is 60.7 Å². The number of nitrogens with one attached hydrogen (secondary N) is 2. The predicted octanol–water partition coefficient (Wildman–Crippen LogP) is 3.34. The van der Waals surface area contributed by atoms with Gasteiger partial charge in [0.25, 0.3) is 0 Å². The quantitative estimate of drug-likeness (QED) is 0.303. The van der Waals surface area contributed by atoms with Crippen LogP contribution in [0.3, 0.4) is 0 Å². The fourth-order valence-corrected chi connectivity index (χ4v) is 3.49. The molecule has 7 nitrogen and oxygen atoms in total. The summed E-state index contributed by atoms with van der Waals surface area (Å²) in [7, 11) is 0. The third kappa shape index (κ3) is 5.01. The van der Waals surface area contributed by atoms with Gasteiger partial charge in [0, 0.05) is 42.0 Å². The number of fused-ring (bicyclic) bond motifs is 1. The van der Waals surface area contributed by atoms with E-state index in [1.807, 2.05) is 30.3 Å². The van der Waals surface area contributed by atoms with E-state index < -0.39 is 5.60 Å². The van der Waals surface area contributed by atoms with Crippen molar-refractivity contribution in [1.29, 1.82) is 0 Å². The van der Waals surface area contributed by atoms with E-state index in [0.29, 0.717) is 24.5 Å². The Kier molecular flexibility index (Phi) is 6.58. The first kappa shape index (κ1) is 21.7. The molecular weight excluding hydrogens is 402 g/mol. The second-order valence-corrected chi connectivity index (χ2v) is 7.92. The van der Waals surface area contributed by atoms with Crippen molar-refractivity contribution in [3.05, 3.63) is 89.7 Å². The van der Waals surface area contributed by atoms with Gasteiger partial charge in [0.2, 0.25) is 0 Å². The summed E-state index contributed by atoms with van der Waals surface area (Å²) in [4.78, 5) is 4.30. The molecule has 0 spiro atoms. The molecule has 0 aliphatic heterocycles. The lowest BCUT2D eigenvalue weighted by Crippen LogP contribution is -2.26. The monoisotopic (exact) mass is 429 g/mol. The Morgan fingerprint density at radius 2 is 1.56 bits per heavy atom. The van der Waals surface area contributed by atoms with E-state index in [-0.39, 0.29) is 6.61 Å². The average Bonchev–Trinajstić information content (AvgIpc) is 2.84. The highest BCUT2D eigenvalue weighted by Crippen LogP contribution is 2.24. The first-order valence-corrected chi connectivity index (χ1v) is 10.6. The Bertz CT molecular complexity index is 1160. The molecule has 0 saturated heterocycles. The Morgan fingerprint density at radius 1 is 0.844 bits per heavy atom. The van der Waals surface area contributed by atoms with E-state index in [0.717, 1.165) is 28.7 Å². The van der Waals surface area contributed by atoms with Crippen LogP contribution in [-0.2, 0) is 12.0 Å². The first-order valence-electron chi connectivity index (χ1n) is 10.6. The molecule has 0 radical (unpaired) electrons. The van der Waals surface area contributed by atoms with Crippen molar-refractivity contribution in [2.75, 3.05) is 30.3 Å². The van der Waals surface area contributed by atoms with Gasteiger partial charge in [-0.25, -0.2) is 4.98 Å². The predicted molar refractivity (Wildman–Crippen MR) is 127 cm³/mol. The zero-order chi connectivity index (χ0) is 22.4. The van der Waals surface area contributed by atoms with Crippen molar-refractivity contribution >= 4 is 22.4 Å². The summed E-state index contributed by atoms with van der Waals surface area (Å²) in [5, 5.41) is 37.0. The van der Waals surface area contributed by atoms with Gasteiger partial charge in [-0.3, -0.25) is 0 Å². The van der Waals surface area contributed by atoms with Crippen LogP contribution in [0.4, 0.5) is 11.6 Å². The van der Waals surface area contributed by atoms with Crippen molar-refractivity contribution in [1.82, 2.24) is 15.2 Å². The Balaban J connectivity index is 1.39. The summed E-state index contributed by atoms with van der Waals surface area (Å²) in [6.07, 6.45) is 2.30. The Labute approximate surface area is 187 Å². The third-order valence-corrected chi connectivity index (χ3v) is 5.40. The standard InChI is InChI=1S/C25H27N5O2/c1-25(32,17-31)19-11-12-23(28-16-19)26-13-14-27-24-21-10-6-5-9-20(21)22(29-30-24)15-18-7-3-2-4-8-18/h2-12,16,31-32H,13-15,17H2,1H3,(H,26,28)(H,27,30). The second-order valence-electron chi connectivity index (χ2n) is 7.92. The fourth-order valence-electron chi connectivity index (χ4n) is 3.49. The molecule has 4 N–H and O–H groups in total. The smallest absolute Gasteiger partial charge is 0.156 e. The lowest BCUT2D eigenvalue weighted by molar-refractivity contribution is -0.00252. The van der Waals surface area contributed by atoms with E-state index >= 15 is 0 Å². The largest absolute Gasteiger partial charge is 0.393 e. The topological polar surface area (TPSA) is 103 Å². The summed E-state index contributed by atoms with van der Waals surface area (Å²) in [6, 6.07) is 22.0. The number of hydrogen-bond acceptors (Lipinski definition) is 7. The normalized spacial score (nSPS) is 13.0. The molecule has 0 aliphatic rings. The van der Waals surface area contributed by atoms with Gasteiger partial charge in [-0.15, -0.1) is 5.10 Å². The number of rotatable bonds is 9. The Hall–Kier alpha value is -3.55. The van der Waals surface area contributed by atoms with Gasteiger partial charge in [-0.2, -0.15) is 5.10 Å². The van der Waals surface area contributed by atoms with Gasteiger partial charge in [0.1, 0.15) is 11.4 Å². The van der Waals surface area contributed by atoms with Gasteiger partial charge in [0.15, 0.2) is 5.82 Å². The fraction of sp³-hybridized carbons (Fsp3) is 0.240. The molecule has 32 heavy (non-hydrogen) atoms. The van der Waals surface area contributed by atoms with Gasteiger partial charge >= 0.3 is 0 Å². The lowest BCUT2D eigenvalue weighted by Gasteiger charge is -2.20. The highest BCUT2D eigenvalue weighted by molar-refractivity contribution is 5.93. The van der Waals surface area contributed by atoms with E-state index in [1.54, 1.807) is 25.3 Å². The maximum absolute atomic E-state index is 10.1. The van der Waals surface area contributed by atoms with Gasteiger partial charge in [-0.05, 0) is 18.6 Å². The van der Waals surface area contributed by atoms with Crippen molar-refractivity contribution in [3.8, 4) is 0 Å². The zero-order valence-corrected chi connectivity index (χ0v) is 18.0. The zero-order valence-electron chi connectivity index (χ0n) is 18.0. The number of nitrogens with zero attached hydrogens (tertiary/aromatic N) is 3. The van der Waals surface area contributed by atoms with Crippen molar-refractivity contribution in [2.45, 2.75) is 18.9 Å². The molecule has 1 atom stereocenters. The van der Waals surface area contributed by atoms with E-state index in [4.69, 9.17) is 0 Å². The number of aliphatic hydroxyl groups is 2. The van der Waals surface area contributed by atoms with Crippen LogP contribution < -0.4 is 10.6 Å². The molecule has 2 aromatic heterocycles. The highest BCUT2D eigenvalue weighted by atomic mass is 16.3. The van der Waals surface area contributed by atoms with Crippen LogP contribution in [-0.4, -0.2) is 45.1 Å². The van der Waals surface area contributed by atoms with Crippen LogP contribution in [0.1, 0.15) is 23.7 Å². The van der Waals surface area contributed by atoms with Crippen LogP contribution in [0.5, 0.6) is 0 Å². The minimum atomic E-state index is -1.29. The first-order chi connectivity index (χ1) is 15.6. The molecule has 4 rings (SSSR count). The number of pyridine rings is 1. The molecule has 0 aliphatic carbocycles. The molecule has 7 heteroatoms. The third-order valence-electron chi connectivity index (χ3n) is 5.40. The maximum atomic E-state index is 10.1. The van der Waals surface area contributed by atoms with Crippen molar-refractivity contribution < 1.29 is 10.2 Å². The number of anilines is 2. The van der Waals surface area contributed by atoms with Crippen LogP contribution in [0.25, 0.3) is 10.8 Å². The number of aliphatic hydroxyl groups excluding tert-OH is 1. The summed E-state index contributed by atoms with van der Waals surface area (Å²) < 4.78 is 0. The summed E-state index contributed by atoms with van der Waals surface area (Å²) >= 11 is 0. The molecule has 0 saturated carbocycles. The number of aromatic nitrogens is 3. The van der Waals surface area contributed by atoms with Crippen LogP contribution in [0.2, 0.25) is 0 Å². The summed E-state index contributed by atoms with van der Waals surface area (Å²) in [6.45, 7) is 2.46. The van der Waals surface area contributed by atoms with Crippen molar-refractivity contribution in [2.24, 2.45) is 0 Å².